The Morgan fingerprint density at radius 2 is 2.25 bits per heavy atom. The maximum Gasteiger partial charge on any atom is 0.285 e. The summed E-state index contributed by atoms with van der Waals surface area (Å²) in [4.78, 5) is 22.6. The molecular formula is C13H18N2O5. The average molecular weight is 282 g/mol. The number of aliphatic hydroxyl groups is 1. The third-order valence-electron chi connectivity index (χ3n) is 2.85. The van der Waals surface area contributed by atoms with Crippen LogP contribution in [-0.4, -0.2) is 42.3 Å². The van der Waals surface area contributed by atoms with E-state index in [2.05, 4.69) is 5.32 Å². The number of nitrogens with zero attached hydrogens (tertiary/aromatic N) is 1. The van der Waals surface area contributed by atoms with Crippen LogP contribution in [0.4, 0.5) is 5.69 Å². The topological polar surface area (TPSA) is 102 Å². The second-order valence-corrected chi connectivity index (χ2v) is 4.37. The zero-order valence-electron chi connectivity index (χ0n) is 11.5. The van der Waals surface area contributed by atoms with E-state index in [1.54, 1.807) is 19.1 Å². The van der Waals surface area contributed by atoms with Crippen LogP contribution in [-0.2, 0) is 4.74 Å². The summed E-state index contributed by atoms with van der Waals surface area (Å²) in [5, 5.41) is 22.6. The monoisotopic (exact) mass is 282 g/mol. The van der Waals surface area contributed by atoms with Crippen molar-refractivity contribution in [3.8, 4) is 0 Å². The summed E-state index contributed by atoms with van der Waals surface area (Å²) >= 11 is 0. The van der Waals surface area contributed by atoms with E-state index in [0.29, 0.717) is 12.0 Å². The molecular weight excluding hydrogens is 264 g/mol. The standard InChI is InChI=1S/C13H18N2O5/c1-9-4-3-5-11(12(9)15(18)19)13(17)14-10(6-7-16)8-20-2/h3-5,10,16H,6-8H2,1-2H3,(H,14,17). The van der Waals surface area contributed by atoms with E-state index in [9.17, 15) is 14.9 Å². The van der Waals surface area contributed by atoms with Gasteiger partial charge in [-0.2, -0.15) is 0 Å². The summed E-state index contributed by atoms with van der Waals surface area (Å²) in [5.74, 6) is -0.545. The summed E-state index contributed by atoms with van der Waals surface area (Å²) in [7, 11) is 1.48. The molecule has 20 heavy (non-hydrogen) atoms. The van der Waals surface area contributed by atoms with E-state index in [-0.39, 0.29) is 24.5 Å². The number of carbonyl (C=O) groups is 1. The van der Waals surface area contributed by atoms with E-state index >= 15 is 0 Å². The van der Waals surface area contributed by atoms with Gasteiger partial charge in [-0.05, 0) is 19.4 Å². The van der Waals surface area contributed by atoms with Gasteiger partial charge in [0.15, 0.2) is 0 Å². The number of hydrogen-bond acceptors (Lipinski definition) is 5. The Kier molecular flexibility index (Phi) is 6.08. The van der Waals surface area contributed by atoms with Gasteiger partial charge in [0.1, 0.15) is 5.56 Å². The van der Waals surface area contributed by atoms with Gasteiger partial charge in [-0.3, -0.25) is 14.9 Å². The first-order valence-corrected chi connectivity index (χ1v) is 6.16. The van der Waals surface area contributed by atoms with Gasteiger partial charge < -0.3 is 15.2 Å². The van der Waals surface area contributed by atoms with E-state index < -0.39 is 16.9 Å². The predicted octanol–water partition coefficient (Wildman–Crippen LogP) is 1.03. The zero-order chi connectivity index (χ0) is 15.1. The molecule has 0 aromatic heterocycles. The number of hydrogen-bond donors (Lipinski definition) is 2. The van der Waals surface area contributed by atoms with Crippen molar-refractivity contribution in [2.45, 2.75) is 19.4 Å². The van der Waals surface area contributed by atoms with Crippen molar-refractivity contribution in [1.82, 2.24) is 5.32 Å². The van der Waals surface area contributed by atoms with E-state index in [1.165, 1.54) is 13.2 Å². The van der Waals surface area contributed by atoms with Gasteiger partial charge >= 0.3 is 0 Å². The molecule has 1 aromatic rings. The molecule has 0 heterocycles. The molecule has 1 atom stereocenters. The maximum absolute atomic E-state index is 12.1. The van der Waals surface area contributed by atoms with Gasteiger partial charge in [-0.1, -0.05) is 12.1 Å². The third-order valence-corrected chi connectivity index (χ3v) is 2.85. The number of nitrogens with one attached hydrogen (secondary N) is 1. The highest BCUT2D eigenvalue weighted by Gasteiger charge is 2.23. The number of ether oxygens (including phenoxy) is 1. The van der Waals surface area contributed by atoms with Crippen LogP contribution in [0.1, 0.15) is 22.3 Å². The van der Waals surface area contributed by atoms with Crippen molar-refractivity contribution in [2.24, 2.45) is 0 Å². The second-order valence-electron chi connectivity index (χ2n) is 4.37. The fraction of sp³-hybridized carbons (Fsp3) is 0.462. The summed E-state index contributed by atoms with van der Waals surface area (Å²) < 4.78 is 4.93. The Labute approximate surface area is 116 Å². The number of nitro groups is 1. The normalized spacial score (nSPS) is 11.9. The first-order chi connectivity index (χ1) is 9.51. The van der Waals surface area contributed by atoms with Crippen LogP contribution in [0, 0.1) is 17.0 Å². The summed E-state index contributed by atoms with van der Waals surface area (Å²) in [5.41, 5.74) is 0.229. The van der Waals surface area contributed by atoms with Crippen molar-refractivity contribution >= 4 is 11.6 Å². The smallest absolute Gasteiger partial charge is 0.285 e. The highest BCUT2D eigenvalue weighted by molar-refractivity contribution is 5.98. The molecule has 0 spiro atoms. The number of benzene rings is 1. The lowest BCUT2D eigenvalue weighted by molar-refractivity contribution is -0.385. The highest BCUT2D eigenvalue weighted by Crippen LogP contribution is 2.23. The minimum atomic E-state index is -0.568. The number of amides is 1. The van der Waals surface area contributed by atoms with E-state index in [0.717, 1.165) is 0 Å². The molecule has 1 unspecified atom stereocenters. The fourth-order valence-corrected chi connectivity index (χ4v) is 1.90. The Bertz CT molecular complexity index is 484. The largest absolute Gasteiger partial charge is 0.396 e. The molecule has 1 amide bonds. The van der Waals surface area contributed by atoms with Gasteiger partial charge in [-0.15, -0.1) is 0 Å². The van der Waals surface area contributed by atoms with Gasteiger partial charge in [0, 0.05) is 19.3 Å². The Hall–Kier alpha value is -1.99. The van der Waals surface area contributed by atoms with Crippen molar-refractivity contribution in [3.63, 3.8) is 0 Å². The molecule has 2 N–H and O–H groups in total. The first-order valence-electron chi connectivity index (χ1n) is 6.16. The zero-order valence-corrected chi connectivity index (χ0v) is 11.5. The Morgan fingerprint density at radius 3 is 2.80 bits per heavy atom. The van der Waals surface area contributed by atoms with Crippen molar-refractivity contribution < 1.29 is 19.6 Å². The molecule has 0 aliphatic heterocycles. The van der Waals surface area contributed by atoms with Crippen LogP contribution in [0.15, 0.2) is 18.2 Å². The predicted molar refractivity (Wildman–Crippen MR) is 72.7 cm³/mol. The first kappa shape index (κ1) is 16.1. The molecule has 0 aliphatic rings. The van der Waals surface area contributed by atoms with Crippen LogP contribution in [0.2, 0.25) is 0 Å². The number of carbonyl (C=O) groups excluding carboxylic acids is 1. The molecule has 110 valence electrons. The second kappa shape index (κ2) is 7.56. The van der Waals surface area contributed by atoms with Crippen molar-refractivity contribution in [2.75, 3.05) is 20.3 Å². The summed E-state index contributed by atoms with van der Waals surface area (Å²) in [6.45, 7) is 1.70. The highest BCUT2D eigenvalue weighted by atomic mass is 16.6. The number of rotatable bonds is 7. The average Bonchev–Trinajstić information content (AvgIpc) is 2.38. The lowest BCUT2D eigenvalue weighted by atomic mass is 10.1. The summed E-state index contributed by atoms with van der Waals surface area (Å²) in [6.07, 6.45) is 0.319. The Balaban J connectivity index is 2.97. The van der Waals surface area contributed by atoms with Gasteiger partial charge in [0.2, 0.25) is 0 Å². The van der Waals surface area contributed by atoms with Crippen LogP contribution in [0.5, 0.6) is 0 Å². The molecule has 7 nitrogen and oxygen atoms in total. The van der Waals surface area contributed by atoms with Crippen LogP contribution in [0.3, 0.4) is 0 Å². The third kappa shape index (κ3) is 4.01. The molecule has 1 rings (SSSR count). The lowest BCUT2D eigenvalue weighted by Crippen LogP contribution is -2.39. The van der Waals surface area contributed by atoms with E-state index in [4.69, 9.17) is 9.84 Å². The van der Waals surface area contributed by atoms with Gasteiger partial charge in [-0.25, -0.2) is 0 Å². The summed E-state index contributed by atoms with van der Waals surface area (Å²) in [6, 6.07) is 4.19. The number of para-hydroxylation sites is 1. The number of nitro benzene ring substituents is 1. The Morgan fingerprint density at radius 1 is 1.55 bits per heavy atom. The molecule has 0 fully saturated rings. The number of methoxy groups -OCH3 is 1. The molecule has 0 bridgehead atoms. The molecule has 0 aliphatic carbocycles. The number of aryl methyl sites for hydroxylation is 1. The van der Waals surface area contributed by atoms with Crippen LogP contribution in [0.25, 0.3) is 0 Å². The SMILES string of the molecule is COCC(CCO)NC(=O)c1cccc(C)c1[N+](=O)[O-]. The molecule has 1 aromatic carbocycles. The molecule has 0 saturated carbocycles. The van der Waals surface area contributed by atoms with Crippen LogP contribution < -0.4 is 5.32 Å². The lowest BCUT2D eigenvalue weighted by Gasteiger charge is -2.17. The van der Waals surface area contributed by atoms with Crippen molar-refractivity contribution in [3.05, 3.63) is 39.4 Å². The van der Waals surface area contributed by atoms with Crippen molar-refractivity contribution in [1.29, 1.82) is 0 Å². The van der Waals surface area contributed by atoms with E-state index in [1.807, 2.05) is 0 Å². The molecule has 0 radical (unpaired) electrons. The fourth-order valence-electron chi connectivity index (χ4n) is 1.90. The molecule has 0 saturated heterocycles. The van der Waals surface area contributed by atoms with Crippen LogP contribution >= 0.6 is 0 Å². The van der Waals surface area contributed by atoms with Gasteiger partial charge in [0.05, 0.1) is 17.6 Å². The van der Waals surface area contributed by atoms with Gasteiger partial charge in [0.25, 0.3) is 11.6 Å². The quantitative estimate of drug-likeness (QED) is 0.574. The minimum Gasteiger partial charge on any atom is -0.396 e. The minimum absolute atomic E-state index is 0.00837. The molecule has 7 heteroatoms. The maximum atomic E-state index is 12.1. The number of aliphatic hydroxyl groups excluding tert-OH is 1.